The SMILES string of the molecule is CCC(Oc1ccc(C(=O)OC)cc1)c1cn(Cc2ccc(C(=O)N3CCOC(C(=O)NCCc4c[nH]c5ccc(OCc6ccccc6)cc45)C3)cc2)nn1. The number of hydrogen-bond donors (Lipinski definition) is 2. The third-order valence-electron chi connectivity index (χ3n) is 9.68. The fraction of sp³-hybridized carbons (Fsp3) is 0.279. The van der Waals surface area contributed by atoms with Crippen molar-refractivity contribution in [3.63, 3.8) is 0 Å². The van der Waals surface area contributed by atoms with Gasteiger partial charge in [-0.15, -0.1) is 5.10 Å². The molecule has 0 saturated carbocycles. The van der Waals surface area contributed by atoms with Gasteiger partial charge in [-0.2, -0.15) is 0 Å². The standard InChI is InChI=1S/C43H44N6O7/c1-3-39(56-34-15-13-32(14-16-34)43(52)53-2)38-26-49(47-46-38)25-29-9-11-31(12-10-29)42(51)48-21-22-54-40(27-48)41(50)44-20-19-33-24-45-37-18-17-35(23-36(33)37)55-28-30-7-5-4-6-8-30/h4-18,23-24,26,39-40,45H,3,19-22,25,27-28H2,1-2H3,(H,44,50). The van der Waals surface area contributed by atoms with Gasteiger partial charge in [-0.1, -0.05) is 54.6 Å². The second-order valence-electron chi connectivity index (χ2n) is 13.5. The predicted octanol–water partition coefficient (Wildman–Crippen LogP) is 5.90. The van der Waals surface area contributed by atoms with Crippen LogP contribution in [-0.4, -0.2) is 82.1 Å². The molecule has 1 aliphatic rings. The van der Waals surface area contributed by atoms with Crippen LogP contribution in [0.4, 0.5) is 0 Å². The normalized spacial score (nSPS) is 14.6. The van der Waals surface area contributed by atoms with E-state index in [9.17, 15) is 14.4 Å². The summed E-state index contributed by atoms with van der Waals surface area (Å²) in [4.78, 5) is 43.3. The summed E-state index contributed by atoms with van der Waals surface area (Å²) in [6.45, 7) is 4.18. The smallest absolute Gasteiger partial charge is 0.337 e. The lowest BCUT2D eigenvalue weighted by molar-refractivity contribution is -0.137. The first kappa shape index (κ1) is 37.8. The van der Waals surface area contributed by atoms with Crippen molar-refractivity contribution < 1.29 is 33.3 Å². The van der Waals surface area contributed by atoms with Gasteiger partial charge in [-0.3, -0.25) is 9.59 Å². The van der Waals surface area contributed by atoms with Crippen molar-refractivity contribution in [1.82, 2.24) is 30.2 Å². The van der Waals surface area contributed by atoms with Crippen LogP contribution in [0.2, 0.25) is 0 Å². The monoisotopic (exact) mass is 756 g/mol. The van der Waals surface area contributed by atoms with E-state index in [1.807, 2.05) is 80.0 Å². The molecule has 13 nitrogen and oxygen atoms in total. The third kappa shape index (κ3) is 9.24. The zero-order valence-electron chi connectivity index (χ0n) is 31.4. The quantitative estimate of drug-likeness (QED) is 0.122. The number of ether oxygens (including phenoxy) is 4. The topological polar surface area (TPSA) is 150 Å². The lowest BCUT2D eigenvalue weighted by atomic mass is 10.1. The van der Waals surface area contributed by atoms with Crippen molar-refractivity contribution in [2.75, 3.05) is 33.4 Å². The molecule has 1 fully saturated rings. The van der Waals surface area contributed by atoms with E-state index in [0.29, 0.717) is 61.7 Å². The summed E-state index contributed by atoms with van der Waals surface area (Å²) < 4.78 is 24.4. The van der Waals surface area contributed by atoms with Crippen LogP contribution in [0, 0.1) is 0 Å². The Hall–Kier alpha value is -6.47. The zero-order valence-corrected chi connectivity index (χ0v) is 31.4. The minimum atomic E-state index is -0.760. The molecule has 4 aromatic carbocycles. The molecule has 6 aromatic rings. The maximum absolute atomic E-state index is 13.5. The lowest BCUT2D eigenvalue weighted by Gasteiger charge is -2.32. The lowest BCUT2D eigenvalue weighted by Crippen LogP contribution is -2.51. The van der Waals surface area contributed by atoms with E-state index in [1.54, 1.807) is 46.0 Å². The summed E-state index contributed by atoms with van der Waals surface area (Å²) in [6.07, 6.45) is 3.99. The summed E-state index contributed by atoms with van der Waals surface area (Å²) in [7, 11) is 1.34. The number of aromatic amines is 1. The van der Waals surface area contributed by atoms with E-state index < -0.39 is 12.1 Å². The maximum atomic E-state index is 13.5. The Morgan fingerprint density at radius 1 is 0.946 bits per heavy atom. The van der Waals surface area contributed by atoms with Gasteiger partial charge in [0.25, 0.3) is 11.8 Å². The number of amides is 2. The highest BCUT2D eigenvalue weighted by atomic mass is 16.5. The van der Waals surface area contributed by atoms with Crippen LogP contribution in [0.5, 0.6) is 11.5 Å². The van der Waals surface area contributed by atoms with Crippen LogP contribution in [0.3, 0.4) is 0 Å². The van der Waals surface area contributed by atoms with Crippen molar-refractivity contribution in [3.8, 4) is 11.5 Å². The zero-order chi connectivity index (χ0) is 38.9. The van der Waals surface area contributed by atoms with Gasteiger partial charge in [0.15, 0.2) is 6.10 Å². The van der Waals surface area contributed by atoms with Gasteiger partial charge in [0, 0.05) is 35.8 Å². The molecule has 2 unspecified atom stereocenters. The minimum Gasteiger partial charge on any atom is -0.489 e. The molecule has 13 heteroatoms. The highest BCUT2D eigenvalue weighted by Crippen LogP contribution is 2.26. The number of H-pyrrole nitrogens is 1. The molecule has 1 aliphatic heterocycles. The summed E-state index contributed by atoms with van der Waals surface area (Å²) in [6, 6.07) is 30.1. The largest absolute Gasteiger partial charge is 0.489 e. The number of methoxy groups -OCH3 is 1. The van der Waals surface area contributed by atoms with Gasteiger partial charge in [-0.05, 0) is 84.1 Å². The Morgan fingerprint density at radius 3 is 2.48 bits per heavy atom. The Balaban J connectivity index is 0.881. The maximum Gasteiger partial charge on any atom is 0.337 e. The number of aromatic nitrogens is 4. The molecule has 56 heavy (non-hydrogen) atoms. The number of nitrogens with zero attached hydrogens (tertiary/aromatic N) is 4. The van der Waals surface area contributed by atoms with Crippen LogP contribution < -0.4 is 14.8 Å². The molecule has 7 rings (SSSR count). The highest BCUT2D eigenvalue weighted by Gasteiger charge is 2.30. The van der Waals surface area contributed by atoms with Gasteiger partial charge in [0.05, 0.1) is 38.6 Å². The first-order valence-corrected chi connectivity index (χ1v) is 18.7. The molecule has 0 aliphatic carbocycles. The molecule has 2 amide bonds. The molecule has 2 aromatic heterocycles. The number of rotatable bonds is 15. The van der Waals surface area contributed by atoms with Gasteiger partial charge >= 0.3 is 5.97 Å². The molecular weight excluding hydrogens is 713 g/mol. The van der Waals surface area contributed by atoms with Crippen molar-refractivity contribution >= 4 is 28.7 Å². The number of morpholine rings is 1. The summed E-state index contributed by atoms with van der Waals surface area (Å²) in [5, 5.41) is 12.7. The number of fused-ring (bicyclic) bond motifs is 1. The van der Waals surface area contributed by atoms with E-state index in [1.165, 1.54) is 7.11 Å². The number of carbonyl (C=O) groups is 3. The van der Waals surface area contributed by atoms with Crippen LogP contribution >= 0.6 is 0 Å². The first-order chi connectivity index (χ1) is 27.4. The number of nitrogens with one attached hydrogen (secondary N) is 2. The van der Waals surface area contributed by atoms with Gasteiger partial charge in [0.2, 0.25) is 0 Å². The number of benzene rings is 4. The molecule has 288 valence electrons. The van der Waals surface area contributed by atoms with Crippen molar-refractivity contribution in [2.45, 2.75) is 45.1 Å². The van der Waals surface area contributed by atoms with Crippen LogP contribution in [-0.2, 0) is 33.8 Å². The molecule has 0 bridgehead atoms. The molecule has 2 N–H and O–H groups in total. The van der Waals surface area contributed by atoms with Gasteiger partial charge in [0.1, 0.15) is 29.9 Å². The van der Waals surface area contributed by atoms with Crippen LogP contribution in [0.15, 0.2) is 109 Å². The van der Waals surface area contributed by atoms with E-state index in [-0.39, 0.29) is 31.1 Å². The number of carbonyl (C=O) groups excluding carboxylic acids is 3. The van der Waals surface area contributed by atoms with E-state index >= 15 is 0 Å². The molecule has 3 heterocycles. The summed E-state index contributed by atoms with van der Waals surface area (Å²) in [5.41, 5.74) is 5.75. The second kappa shape index (κ2) is 17.8. The number of esters is 1. The van der Waals surface area contributed by atoms with Gasteiger partial charge < -0.3 is 34.1 Å². The molecule has 0 spiro atoms. The van der Waals surface area contributed by atoms with E-state index in [4.69, 9.17) is 18.9 Å². The fourth-order valence-electron chi connectivity index (χ4n) is 6.59. The molecule has 2 atom stereocenters. The Morgan fingerprint density at radius 2 is 1.71 bits per heavy atom. The Labute approximate surface area is 324 Å². The van der Waals surface area contributed by atoms with E-state index in [2.05, 4.69) is 20.6 Å². The van der Waals surface area contributed by atoms with Crippen LogP contribution in [0.1, 0.15) is 62.5 Å². The molecular formula is C43H44N6O7. The minimum absolute atomic E-state index is 0.160. The van der Waals surface area contributed by atoms with Gasteiger partial charge in [-0.25, -0.2) is 9.48 Å². The van der Waals surface area contributed by atoms with Crippen molar-refractivity contribution in [1.29, 1.82) is 0 Å². The predicted molar refractivity (Wildman–Crippen MR) is 208 cm³/mol. The third-order valence-corrected chi connectivity index (χ3v) is 9.68. The Kier molecular flexibility index (Phi) is 12.0. The highest BCUT2D eigenvalue weighted by molar-refractivity contribution is 5.95. The molecule has 0 radical (unpaired) electrons. The summed E-state index contributed by atoms with van der Waals surface area (Å²) in [5.74, 6) is 0.569. The first-order valence-electron chi connectivity index (χ1n) is 18.7. The van der Waals surface area contributed by atoms with E-state index in [0.717, 1.165) is 33.3 Å². The van der Waals surface area contributed by atoms with Crippen LogP contribution in [0.25, 0.3) is 10.9 Å². The fourth-order valence-corrected chi connectivity index (χ4v) is 6.59. The average molecular weight is 757 g/mol. The number of hydrogen-bond acceptors (Lipinski definition) is 9. The van der Waals surface area contributed by atoms with Crippen molar-refractivity contribution in [2.24, 2.45) is 0 Å². The Bertz CT molecular complexity index is 2250. The molecule has 1 saturated heterocycles. The average Bonchev–Trinajstić information content (AvgIpc) is 3.89. The van der Waals surface area contributed by atoms with Crippen molar-refractivity contribution in [3.05, 3.63) is 143 Å². The summed E-state index contributed by atoms with van der Waals surface area (Å²) >= 11 is 0. The second-order valence-corrected chi connectivity index (χ2v) is 13.5.